The Morgan fingerprint density at radius 1 is 1.60 bits per heavy atom. The molecule has 0 atom stereocenters. The van der Waals surface area contributed by atoms with Crippen molar-refractivity contribution in [2.24, 2.45) is 5.92 Å². The quantitative estimate of drug-likeness (QED) is 0.684. The molecule has 0 aromatic carbocycles. The Hall–Kier alpha value is -1.34. The van der Waals surface area contributed by atoms with Gasteiger partial charge < -0.3 is 5.32 Å². The van der Waals surface area contributed by atoms with Crippen molar-refractivity contribution in [2.45, 2.75) is 12.8 Å². The maximum atomic E-state index is 11.4. The summed E-state index contributed by atoms with van der Waals surface area (Å²) in [6, 6.07) is 2.27. The Balaban J connectivity index is 2.21. The number of carbonyl (C=O) groups excluding carboxylic acids is 1. The van der Waals surface area contributed by atoms with Crippen LogP contribution in [-0.2, 0) is 4.79 Å². The number of hydrogen-bond donors (Lipinski definition) is 1. The molecule has 0 spiro atoms. The van der Waals surface area contributed by atoms with E-state index in [9.17, 15) is 4.79 Å². The molecule has 1 N–H and O–H groups in total. The molecule has 1 saturated heterocycles. The Morgan fingerprint density at radius 3 is 2.80 bits per heavy atom. The normalized spacial score (nSPS) is 18.1. The number of amides is 1. The molecule has 0 aromatic heterocycles. The summed E-state index contributed by atoms with van der Waals surface area (Å²) in [5.41, 5.74) is 0. The van der Waals surface area contributed by atoms with Crippen LogP contribution in [0.2, 0.25) is 0 Å². The fraction of sp³-hybridized carbons (Fsp3) is 0.636. The van der Waals surface area contributed by atoms with E-state index in [0.717, 1.165) is 25.9 Å². The summed E-state index contributed by atoms with van der Waals surface area (Å²) in [5.74, 6) is 0.211. The summed E-state index contributed by atoms with van der Waals surface area (Å²) in [4.78, 5) is 13.4. The smallest absolute Gasteiger partial charge is 0.234 e. The highest BCUT2D eigenvalue weighted by atomic mass is 16.2. The van der Waals surface area contributed by atoms with Crippen LogP contribution >= 0.6 is 0 Å². The van der Waals surface area contributed by atoms with Crippen molar-refractivity contribution >= 4 is 5.91 Å². The Morgan fingerprint density at radius 2 is 2.27 bits per heavy atom. The van der Waals surface area contributed by atoms with Gasteiger partial charge in [0, 0.05) is 12.5 Å². The standard InChI is InChI=1S/C11H17N3O/c1-2-5-13-11(15)9-14-6-3-10(8-12)4-7-14/h2,10H,1,3-7,9H2,(H,13,15). The number of piperidine rings is 1. The lowest BCUT2D eigenvalue weighted by molar-refractivity contribution is -0.122. The van der Waals surface area contributed by atoms with E-state index in [2.05, 4.69) is 22.9 Å². The van der Waals surface area contributed by atoms with Crippen LogP contribution in [0.1, 0.15) is 12.8 Å². The Labute approximate surface area is 90.6 Å². The Bertz CT molecular complexity index is 261. The van der Waals surface area contributed by atoms with Crippen LogP contribution in [0.4, 0.5) is 0 Å². The molecule has 1 heterocycles. The number of nitrogens with one attached hydrogen (secondary N) is 1. The molecule has 0 aromatic rings. The van der Waals surface area contributed by atoms with Crippen molar-refractivity contribution in [3.8, 4) is 6.07 Å². The number of likely N-dealkylation sites (tertiary alicyclic amines) is 1. The molecule has 0 radical (unpaired) electrons. The van der Waals surface area contributed by atoms with E-state index in [1.165, 1.54) is 0 Å². The summed E-state index contributed by atoms with van der Waals surface area (Å²) < 4.78 is 0. The first-order valence-corrected chi connectivity index (χ1v) is 5.26. The van der Waals surface area contributed by atoms with Gasteiger partial charge in [-0.05, 0) is 25.9 Å². The molecule has 0 saturated carbocycles. The van der Waals surface area contributed by atoms with Crippen molar-refractivity contribution in [1.29, 1.82) is 5.26 Å². The molecule has 1 aliphatic heterocycles. The van der Waals surface area contributed by atoms with E-state index in [4.69, 9.17) is 5.26 Å². The van der Waals surface area contributed by atoms with E-state index < -0.39 is 0 Å². The average molecular weight is 207 g/mol. The number of rotatable bonds is 4. The van der Waals surface area contributed by atoms with E-state index in [1.54, 1.807) is 6.08 Å². The van der Waals surface area contributed by atoms with Gasteiger partial charge in [-0.2, -0.15) is 5.26 Å². The van der Waals surface area contributed by atoms with Gasteiger partial charge in [-0.1, -0.05) is 6.08 Å². The van der Waals surface area contributed by atoms with Gasteiger partial charge in [-0.3, -0.25) is 9.69 Å². The lowest BCUT2D eigenvalue weighted by atomic mass is 9.99. The minimum absolute atomic E-state index is 0.0327. The van der Waals surface area contributed by atoms with Crippen LogP contribution in [0.15, 0.2) is 12.7 Å². The third-order valence-electron chi connectivity index (χ3n) is 2.58. The summed E-state index contributed by atoms with van der Waals surface area (Å²) in [5, 5.41) is 11.5. The topological polar surface area (TPSA) is 56.1 Å². The first kappa shape index (κ1) is 11.7. The second kappa shape index (κ2) is 6.20. The predicted octanol–water partition coefficient (Wildman–Crippen LogP) is 0.524. The molecule has 1 amide bonds. The molecule has 0 bridgehead atoms. The largest absolute Gasteiger partial charge is 0.352 e. The van der Waals surface area contributed by atoms with Crippen LogP contribution in [0.25, 0.3) is 0 Å². The van der Waals surface area contributed by atoms with E-state index >= 15 is 0 Å². The molecule has 1 fully saturated rings. The molecule has 82 valence electrons. The first-order valence-electron chi connectivity index (χ1n) is 5.26. The zero-order valence-corrected chi connectivity index (χ0v) is 8.91. The molecule has 0 unspecified atom stereocenters. The van der Waals surface area contributed by atoms with Crippen molar-refractivity contribution in [1.82, 2.24) is 10.2 Å². The molecule has 4 heteroatoms. The van der Waals surface area contributed by atoms with Crippen LogP contribution in [-0.4, -0.2) is 37.0 Å². The van der Waals surface area contributed by atoms with Gasteiger partial charge in [-0.25, -0.2) is 0 Å². The van der Waals surface area contributed by atoms with Crippen LogP contribution < -0.4 is 5.32 Å². The lowest BCUT2D eigenvalue weighted by Gasteiger charge is -2.28. The lowest BCUT2D eigenvalue weighted by Crippen LogP contribution is -2.41. The SMILES string of the molecule is C=CCNC(=O)CN1CCC(C#N)CC1. The fourth-order valence-corrected chi connectivity index (χ4v) is 1.67. The Kier molecular flexibility index (Phi) is 4.85. The zero-order valence-electron chi connectivity index (χ0n) is 8.91. The van der Waals surface area contributed by atoms with Crippen molar-refractivity contribution < 1.29 is 4.79 Å². The zero-order chi connectivity index (χ0) is 11.1. The first-order chi connectivity index (χ1) is 7.26. The maximum absolute atomic E-state index is 11.4. The maximum Gasteiger partial charge on any atom is 0.234 e. The minimum Gasteiger partial charge on any atom is -0.352 e. The van der Waals surface area contributed by atoms with Crippen molar-refractivity contribution in [3.63, 3.8) is 0 Å². The average Bonchev–Trinajstić information content (AvgIpc) is 2.27. The van der Waals surface area contributed by atoms with Gasteiger partial charge >= 0.3 is 0 Å². The second-order valence-corrected chi connectivity index (χ2v) is 3.77. The second-order valence-electron chi connectivity index (χ2n) is 3.77. The summed E-state index contributed by atoms with van der Waals surface area (Å²) in [6.45, 7) is 6.19. The van der Waals surface area contributed by atoms with Gasteiger partial charge in [0.1, 0.15) is 0 Å². The van der Waals surface area contributed by atoms with Gasteiger partial charge in [0.15, 0.2) is 0 Å². The molecule has 4 nitrogen and oxygen atoms in total. The number of nitriles is 1. The third-order valence-corrected chi connectivity index (χ3v) is 2.58. The van der Waals surface area contributed by atoms with Gasteiger partial charge in [-0.15, -0.1) is 6.58 Å². The number of hydrogen-bond acceptors (Lipinski definition) is 3. The highest BCUT2D eigenvalue weighted by Crippen LogP contribution is 2.15. The summed E-state index contributed by atoms with van der Waals surface area (Å²) in [7, 11) is 0. The fourth-order valence-electron chi connectivity index (χ4n) is 1.67. The monoisotopic (exact) mass is 207 g/mol. The van der Waals surface area contributed by atoms with Crippen LogP contribution in [0.5, 0.6) is 0 Å². The molecular weight excluding hydrogens is 190 g/mol. The van der Waals surface area contributed by atoms with Crippen LogP contribution in [0.3, 0.4) is 0 Å². The molecular formula is C11H17N3O. The van der Waals surface area contributed by atoms with E-state index in [0.29, 0.717) is 13.1 Å². The van der Waals surface area contributed by atoms with Gasteiger partial charge in [0.2, 0.25) is 5.91 Å². The number of carbonyl (C=O) groups is 1. The predicted molar refractivity (Wildman–Crippen MR) is 58.0 cm³/mol. The van der Waals surface area contributed by atoms with Gasteiger partial charge in [0.25, 0.3) is 0 Å². The molecule has 15 heavy (non-hydrogen) atoms. The molecule has 1 aliphatic rings. The van der Waals surface area contributed by atoms with Gasteiger partial charge in [0.05, 0.1) is 12.6 Å². The van der Waals surface area contributed by atoms with Crippen LogP contribution in [0, 0.1) is 17.2 Å². The molecule has 1 rings (SSSR count). The van der Waals surface area contributed by atoms with Crippen molar-refractivity contribution in [3.05, 3.63) is 12.7 Å². The van der Waals surface area contributed by atoms with Crippen molar-refractivity contribution in [2.75, 3.05) is 26.2 Å². The minimum atomic E-state index is 0.0327. The summed E-state index contributed by atoms with van der Waals surface area (Å²) in [6.07, 6.45) is 3.43. The number of nitrogens with zero attached hydrogens (tertiary/aromatic N) is 2. The van der Waals surface area contributed by atoms with E-state index in [1.807, 2.05) is 0 Å². The summed E-state index contributed by atoms with van der Waals surface area (Å²) >= 11 is 0. The highest BCUT2D eigenvalue weighted by Gasteiger charge is 2.19. The third kappa shape index (κ3) is 4.13. The van der Waals surface area contributed by atoms with E-state index in [-0.39, 0.29) is 11.8 Å². The molecule has 0 aliphatic carbocycles. The highest BCUT2D eigenvalue weighted by molar-refractivity contribution is 5.78.